The molecule has 3 aromatic rings. The van der Waals surface area contributed by atoms with Crippen LogP contribution in [0, 0.1) is 5.82 Å². The molecule has 0 aliphatic heterocycles. The molecule has 0 aliphatic carbocycles. The summed E-state index contributed by atoms with van der Waals surface area (Å²) in [7, 11) is 1.61. The van der Waals surface area contributed by atoms with Gasteiger partial charge in [-0.05, 0) is 36.8 Å². The fraction of sp³-hybridized carbons (Fsp3) is 0.250. The number of aryl methyl sites for hydroxylation is 1. The first-order chi connectivity index (χ1) is 13.2. The van der Waals surface area contributed by atoms with Crippen molar-refractivity contribution in [1.82, 2.24) is 10.1 Å². The lowest BCUT2D eigenvalue weighted by atomic mass is 10.1. The van der Waals surface area contributed by atoms with E-state index in [1.165, 1.54) is 12.1 Å². The quantitative estimate of drug-likeness (QED) is 0.650. The zero-order valence-electron chi connectivity index (χ0n) is 14.9. The zero-order chi connectivity index (χ0) is 19.1. The van der Waals surface area contributed by atoms with Crippen molar-refractivity contribution in [3.05, 3.63) is 65.8 Å². The Labute approximate surface area is 156 Å². The van der Waals surface area contributed by atoms with Gasteiger partial charge in [0.1, 0.15) is 5.82 Å². The average Bonchev–Trinajstić information content (AvgIpc) is 3.13. The number of aromatic nitrogens is 2. The van der Waals surface area contributed by atoms with Gasteiger partial charge >= 0.3 is 0 Å². The highest BCUT2D eigenvalue weighted by molar-refractivity contribution is 5.91. The number of methoxy groups -OCH3 is 1. The van der Waals surface area contributed by atoms with Crippen LogP contribution in [0.2, 0.25) is 0 Å². The monoisotopic (exact) mass is 369 g/mol. The summed E-state index contributed by atoms with van der Waals surface area (Å²) in [5.74, 6) is 0.447. The molecular formula is C20H20FN3O3. The van der Waals surface area contributed by atoms with E-state index in [1.807, 2.05) is 24.3 Å². The largest absolute Gasteiger partial charge is 0.380 e. The van der Waals surface area contributed by atoms with Gasteiger partial charge < -0.3 is 14.6 Å². The number of nitrogens with zero attached hydrogens (tertiary/aromatic N) is 2. The second-order valence-corrected chi connectivity index (χ2v) is 6.01. The molecule has 0 unspecified atom stereocenters. The number of benzene rings is 2. The highest BCUT2D eigenvalue weighted by Crippen LogP contribution is 2.18. The minimum atomic E-state index is -0.319. The Kier molecular flexibility index (Phi) is 6.27. The number of amides is 1. The molecule has 1 heterocycles. The second-order valence-electron chi connectivity index (χ2n) is 6.01. The van der Waals surface area contributed by atoms with Gasteiger partial charge in [-0.25, -0.2) is 4.39 Å². The number of hydrogen-bond acceptors (Lipinski definition) is 5. The molecule has 0 fully saturated rings. The molecule has 0 spiro atoms. The van der Waals surface area contributed by atoms with Crippen molar-refractivity contribution < 1.29 is 18.4 Å². The maximum absolute atomic E-state index is 13.0. The van der Waals surface area contributed by atoms with Crippen LogP contribution in [0.4, 0.5) is 10.1 Å². The van der Waals surface area contributed by atoms with Crippen LogP contribution in [-0.4, -0.2) is 23.2 Å². The molecule has 27 heavy (non-hydrogen) atoms. The number of rotatable bonds is 8. The smallest absolute Gasteiger partial charge is 0.226 e. The fourth-order valence-electron chi connectivity index (χ4n) is 2.61. The van der Waals surface area contributed by atoms with Gasteiger partial charge in [-0.15, -0.1) is 0 Å². The number of halogens is 1. The lowest BCUT2D eigenvalue weighted by Crippen LogP contribution is -2.13. The number of carbonyl (C=O) groups is 1. The molecule has 0 atom stereocenters. The standard InChI is InChI=1S/C20H20FN3O3/c1-26-13-15-5-2-3-6-17(15)22-18(25)7-4-8-19-23-20(24-27-19)14-9-11-16(21)12-10-14/h2-3,5-6,9-12H,4,7-8,13H2,1H3,(H,22,25). The number of ether oxygens (including phenoxy) is 1. The van der Waals surface area contributed by atoms with Gasteiger partial charge in [-0.3, -0.25) is 4.79 Å². The van der Waals surface area contributed by atoms with E-state index in [-0.39, 0.29) is 11.7 Å². The molecule has 1 aromatic heterocycles. The minimum Gasteiger partial charge on any atom is -0.380 e. The summed E-state index contributed by atoms with van der Waals surface area (Å²) in [5, 5.41) is 6.79. The molecule has 140 valence electrons. The molecule has 6 nitrogen and oxygen atoms in total. The van der Waals surface area contributed by atoms with E-state index in [1.54, 1.807) is 19.2 Å². The summed E-state index contributed by atoms with van der Waals surface area (Å²) >= 11 is 0. The molecule has 1 N–H and O–H groups in total. The zero-order valence-corrected chi connectivity index (χ0v) is 14.9. The van der Waals surface area contributed by atoms with Crippen LogP contribution in [0.5, 0.6) is 0 Å². The van der Waals surface area contributed by atoms with E-state index < -0.39 is 0 Å². The van der Waals surface area contributed by atoms with Gasteiger partial charge in [0.05, 0.1) is 6.61 Å². The summed E-state index contributed by atoms with van der Waals surface area (Å²) in [6.45, 7) is 0.435. The number of carbonyl (C=O) groups excluding carboxylic acids is 1. The van der Waals surface area contributed by atoms with E-state index in [0.717, 1.165) is 11.3 Å². The van der Waals surface area contributed by atoms with Crippen LogP contribution >= 0.6 is 0 Å². The highest BCUT2D eigenvalue weighted by Gasteiger charge is 2.11. The van der Waals surface area contributed by atoms with Gasteiger partial charge in [0.2, 0.25) is 17.6 Å². The lowest BCUT2D eigenvalue weighted by Gasteiger charge is -2.10. The fourth-order valence-corrected chi connectivity index (χ4v) is 2.61. The van der Waals surface area contributed by atoms with Crippen molar-refractivity contribution in [2.45, 2.75) is 25.9 Å². The Morgan fingerprint density at radius 3 is 2.74 bits per heavy atom. The van der Waals surface area contributed by atoms with Gasteiger partial charge in [0, 0.05) is 36.8 Å². The van der Waals surface area contributed by atoms with Gasteiger partial charge in [0.25, 0.3) is 0 Å². The van der Waals surface area contributed by atoms with Crippen molar-refractivity contribution >= 4 is 11.6 Å². The third kappa shape index (κ3) is 5.21. The third-order valence-corrected chi connectivity index (χ3v) is 3.96. The first-order valence-electron chi connectivity index (χ1n) is 8.61. The molecule has 0 saturated carbocycles. The van der Waals surface area contributed by atoms with Gasteiger partial charge in [-0.1, -0.05) is 23.4 Å². The first-order valence-corrected chi connectivity index (χ1v) is 8.61. The maximum atomic E-state index is 13.0. The topological polar surface area (TPSA) is 77.2 Å². The predicted octanol–water partition coefficient (Wildman–Crippen LogP) is 3.98. The summed E-state index contributed by atoms with van der Waals surface area (Å²) < 4.78 is 23.3. The highest BCUT2D eigenvalue weighted by atomic mass is 19.1. The third-order valence-electron chi connectivity index (χ3n) is 3.96. The molecule has 0 bridgehead atoms. The Hall–Kier alpha value is -3.06. The molecular weight excluding hydrogens is 349 g/mol. The molecule has 3 rings (SSSR count). The van der Waals surface area contributed by atoms with Crippen LogP contribution in [-0.2, 0) is 22.6 Å². The second kappa shape index (κ2) is 9.05. The van der Waals surface area contributed by atoms with Gasteiger partial charge in [-0.2, -0.15) is 4.98 Å². The molecule has 7 heteroatoms. The number of para-hydroxylation sites is 1. The van der Waals surface area contributed by atoms with Crippen molar-refractivity contribution in [2.24, 2.45) is 0 Å². The molecule has 2 aromatic carbocycles. The summed E-state index contributed by atoms with van der Waals surface area (Å²) in [4.78, 5) is 16.4. The molecule has 0 saturated heterocycles. The SMILES string of the molecule is COCc1ccccc1NC(=O)CCCc1nc(-c2ccc(F)cc2)no1. The van der Waals surface area contributed by atoms with Crippen LogP contribution < -0.4 is 5.32 Å². The van der Waals surface area contributed by atoms with Crippen LogP contribution in [0.1, 0.15) is 24.3 Å². The van der Waals surface area contributed by atoms with Crippen molar-refractivity contribution in [3.63, 3.8) is 0 Å². The maximum Gasteiger partial charge on any atom is 0.226 e. The summed E-state index contributed by atoms with van der Waals surface area (Å²) in [6, 6.07) is 13.4. The van der Waals surface area contributed by atoms with E-state index >= 15 is 0 Å². The van der Waals surface area contributed by atoms with Crippen molar-refractivity contribution in [1.29, 1.82) is 0 Å². The summed E-state index contributed by atoms with van der Waals surface area (Å²) in [6.07, 6.45) is 1.39. The Bertz CT molecular complexity index is 893. The van der Waals surface area contributed by atoms with Crippen molar-refractivity contribution in [3.8, 4) is 11.4 Å². The number of hydrogen-bond donors (Lipinski definition) is 1. The van der Waals surface area contributed by atoms with Crippen molar-refractivity contribution in [2.75, 3.05) is 12.4 Å². The van der Waals surface area contributed by atoms with E-state index in [2.05, 4.69) is 15.5 Å². The number of anilines is 1. The van der Waals surface area contributed by atoms with Crippen LogP contribution in [0.3, 0.4) is 0 Å². The van der Waals surface area contributed by atoms with E-state index in [4.69, 9.17) is 9.26 Å². The lowest BCUT2D eigenvalue weighted by molar-refractivity contribution is -0.116. The number of nitrogens with one attached hydrogen (secondary N) is 1. The Morgan fingerprint density at radius 2 is 1.96 bits per heavy atom. The first kappa shape index (κ1) is 18.7. The molecule has 1 amide bonds. The summed E-state index contributed by atoms with van der Waals surface area (Å²) in [5.41, 5.74) is 2.36. The minimum absolute atomic E-state index is 0.0863. The Balaban J connectivity index is 1.50. The van der Waals surface area contributed by atoms with Gasteiger partial charge in [0.15, 0.2) is 0 Å². The van der Waals surface area contributed by atoms with Crippen LogP contribution in [0.15, 0.2) is 53.1 Å². The van der Waals surface area contributed by atoms with Crippen LogP contribution in [0.25, 0.3) is 11.4 Å². The molecule has 0 aliphatic rings. The average molecular weight is 369 g/mol. The van der Waals surface area contributed by atoms with E-state index in [0.29, 0.717) is 43.1 Å². The molecule has 0 radical (unpaired) electrons. The normalized spacial score (nSPS) is 10.7. The van der Waals surface area contributed by atoms with E-state index in [9.17, 15) is 9.18 Å². The Morgan fingerprint density at radius 1 is 1.19 bits per heavy atom. The predicted molar refractivity (Wildman–Crippen MR) is 98.4 cm³/mol.